The summed E-state index contributed by atoms with van der Waals surface area (Å²) in [6, 6.07) is 18.7. The molecule has 29 heavy (non-hydrogen) atoms. The first kappa shape index (κ1) is 21.1. The third-order valence-corrected chi connectivity index (χ3v) is 5.74. The van der Waals surface area contributed by atoms with Crippen LogP contribution in [0, 0.1) is 5.41 Å². The Bertz CT molecular complexity index is 827. The predicted octanol–water partition coefficient (Wildman–Crippen LogP) is 3.29. The molecule has 1 N–H and O–H groups in total. The molecule has 2 amide bonds. The maximum atomic E-state index is 13.0. The lowest BCUT2D eigenvalue weighted by atomic mass is 9.72. The zero-order valence-corrected chi connectivity index (χ0v) is 17.3. The van der Waals surface area contributed by atoms with E-state index in [0.717, 1.165) is 11.1 Å². The number of carbonyl (C=O) groups excluding carboxylic acids is 2. The van der Waals surface area contributed by atoms with Crippen molar-refractivity contribution >= 4 is 11.8 Å². The van der Waals surface area contributed by atoms with Gasteiger partial charge in [0.2, 0.25) is 11.8 Å². The van der Waals surface area contributed by atoms with Crippen LogP contribution in [-0.2, 0) is 20.7 Å². The summed E-state index contributed by atoms with van der Waals surface area (Å²) in [4.78, 5) is 27.0. The number of nitrogens with one attached hydrogen (secondary N) is 1. The number of ether oxygens (including phenoxy) is 1. The van der Waals surface area contributed by atoms with Crippen LogP contribution in [-0.4, -0.2) is 50.1 Å². The lowest BCUT2D eigenvalue weighted by Crippen LogP contribution is -2.51. The van der Waals surface area contributed by atoms with Gasteiger partial charge in [0.25, 0.3) is 0 Å². The number of rotatable bonds is 7. The smallest absolute Gasteiger partial charge is 0.248 e. The quantitative estimate of drug-likeness (QED) is 0.784. The highest BCUT2D eigenvalue weighted by Crippen LogP contribution is 2.36. The molecule has 0 atom stereocenters. The van der Waals surface area contributed by atoms with Crippen LogP contribution in [0.1, 0.15) is 25.3 Å². The Labute approximate surface area is 173 Å². The largest absolute Gasteiger partial charge is 0.375 e. The van der Waals surface area contributed by atoms with E-state index in [1.54, 1.807) is 4.90 Å². The van der Waals surface area contributed by atoms with Crippen LogP contribution < -0.4 is 5.32 Å². The molecule has 1 heterocycles. The topological polar surface area (TPSA) is 58.6 Å². The zero-order valence-electron chi connectivity index (χ0n) is 17.3. The molecule has 5 heteroatoms. The minimum absolute atomic E-state index is 0.0110. The van der Waals surface area contributed by atoms with Crippen LogP contribution in [0.3, 0.4) is 0 Å². The Morgan fingerprint density at radius 2 is 1.72 bits per heavy atom. The van der Waals surface area contributed by atoms with Crippen LogP contribution >= 0.6 is 0 Å². The highest BCUT2D eigenvalue weighted by Gasteiger charge is 2.42. The maximum Gasteiger partial charge on any atom is 0.248 e. The highest BCUT2D eigenvalue weighted by molar-refractivity contribution is 5.84. The van der Waals surface area contributed by atoms with Crippen molar-refractivity contribution in [1.29, 1.82) is 0 Å². The van der Waals surface area contributed by atoms with Crippen molar-refractivity contribution in [3.63, 3.8) is 0 Å². The van der Waals surface area contributed by atoms with Gasteiger partial charge in [-0.05, 0) is 42.9 Å². The van der Waals surface area contributed by atoms with E-state index in [9.17, 15) is 9.59 Å². The summed E-state index contributed by atoms with van der Waals surface area (Å²) >= 11 is 0. The Morgan fingerprint density at radius 3 is 2.38 bits per heavy atom. The fourth-order valence-electron chi connectivity index (χ4n) is 4.11. The van der Waals surface area contributed by atoms with Crippen LogP contribution in [0.5, 0.6) is 0 Å². The molecule has 0 aliphatic carbocycles. The summed E-state index contributed by atoms with van der Waals surface area (Å²) < 4.78 is 4.98. The number of amides is 2. The Balaban J connectivity index is 1.80. The summed E-state index contributed by atoms with van der Waals surface area (Å²) in [5.41, 5.74) is 2.98. The number of benzene rings is 2. The molecule has 0 aromatic heterocycles. The predicted molar refractivity (Wildman–Crippen MR) is 114 cm³/mol. The van der Waals surface area contributed by atoms with Gasteiger partial charge in [0.05, 0.1) is 5.41 Å². The third kappa shape index (κ3) is 5.04. The van der Waals surface area contributed by atoms with Crippen molar-refractivity contribution in [2.45, 2.75) is 26.2 Å². The zero-order chi connectivity index (χ0) is 20.7. The Hall–Kier alpha value is -2.66. The van der Waals surface area contributed by atoms with E-state index < -0.39 is 5.41 Å². The van der Waals surface area contributed by atoms with Crippen LogP contribution in [0.25, 0.3) is 11.1 Å². The SMILES string of the molecule is CCNC(=O)C1(Cc2cccc(-c3ccccc3)c2)CCN(C(=O)COC)CC1. The van der Waals surface area contributed by atoms with Crippen molar-refractivity contribution in [1.82, 2.24) is 10.2 Å². The summed E-state index contributed by atoms with van der Waals surface area (Å²) in [5, 5.41) is 3.02. The molecule has 1 aliphatic rings. The first-order valence-electron chi connectivity index (χ1n) is 10.3. The van der Waals surface area contributed by atoms with Gasteiger partial charge >= 0.3 is 0 Å². The van der Waals surface area contributed by atoms with E-state index >= 15 is 0 Å². The van der Waals surface area contributed by atoms with E-state index in [0.29, 0.717) is 38.9 Å². The number of piperidine rings is 1. The van der Waals surface area contributed by atoms with Gasteiger partial charge in [-0.2, -0.15) is 0 Å². The van der Waals surface area contributed by atoms with Crippen molar-refractivity contribution in [3.05, 3.63) is 60.2 Å². The summed E-state index contributed by atoms with van der Waals surface area (Å²) in [6.45, 7) is 3.80. The molecule has 0 bridgehead atoms. The highest BCUT2D eigenvalue weighted by atomic mass is 16.5. The molecule has 0 unspecified atom stereocenters. The third-order valence-electron chi connectivity index (χ3n) is 5.74. The second-order valence-corrected chi connectivity index (χ2v) is 7.70. The number of likely N-dealkylation sites (tertiary alicyclic amines) is 1. The normalized spacial score (nSPS) is 15.7. The van der Waals surface area contributed by atoms with Crippen LogP contribution in [0.2, 0.25) is 0 Å². The fourth-order valence-corrected chi connectivity index (χ4v) is 4.11. The first-order chi connectivity index (χ1) is 14.1. The number of hydrogen-bond donors (Lipinski definition) is 1. The average molecular weight is 395 g/mol. The summed E-state index contributed by atoms with van der Waals surface area (Å²) in [7, 11) is 1.53. The molecule has 2 aromatic carbocycles. The van der Waals surface area contributed by atoms with Gasteiger partial charge < -0.3 is 15.0 Å². The molecule has 0 saturated carbocycles. The van der Waals surface area contributed by atoms with Crippen LogP contribution in [0.15, 0.2) is 54.6 Å². The van der Waals surface area contributed by atoms with E-state index in [-0.39, 0.29) is 18.4 Å². The van der Waals surface area contributed by atoms with Gasteiger partial charge in [0, 0.05) is 26.7 Å². The molecule has 3 rings (SSSR count). The second kappa shape index (κ2) is 9.70. The summed E-state index contributed by atoms with van der Waals surface area (Å²) in [5.74, 6) is 0.0760. The van der Waals surface area contributed by atoms with Crippen molar-refractivity contribution in [2.75, 3.05) is 33.4 Å². The second-order valence-electron chi connectivity index (χ2n) is 7.70. The molecular formula is C24H30N2O3. The Kier molecular flexibility index (Phi) is 7.04. The lowest BCUT2D eigenvalue weighted by molar-refractivity contribution is -0.142. The number of carbonyl (C=O) groups is 2. The monoisotopic (exact) mass is 394 g/mol. The van der Waals surface area contributed by atoms with E-state index in [1.165, 1.54) is 12.7 Å². The Morgan fingerprint density at radius 1 is 1.03 bits per heavy atom. The van der Waals surface area contributed by atoms with Gasteiger partial charge in [-0.25, -0.2) is 0 Å². The molecule has 0 radical (unpaired) electrons. The van der Waals surface area contributed by atoms with E-state index in [2.05, 4.69) is 41.7 Å². The fraction of sp³-hybridized carbons (Fsp3) is 0.417. The van der Waals surface area contributed by atoms with Gasteiger partial charge in [-0.15, -0.1) is 0 Å². The van der Waals surface area contributed by atoms with Crippen molar-refractivity contribution in [3.8, 4) is 11.1 Å². The molecule has 0 spiro atoms. The average Bonchev–Trinajstić information content (AvgIpc) is 2.75. The van der Waals surface area contributed by atoms with Gasteiger partial charge in [-0.3, -0.25) is 9.59 Å². The first-order valence-corrected chi connectivity index (χ1v) is 10.3. The standard InChI is InChI=1S/C24H30N2O3/c1-3-25-23(28)24(12-14-26(15-13-24)22(27)18-29-2)17-19-8-7-11-21(16-19)20-9-5-4-6-10-20/h4-11,16H,3,12-15,17-18H2,1-2H3,(H,25,28). The maximum absolute atomic E-state index is 13.0. The molecule has 154 valence electrons. The van der Waals surface area contributed by atoms with Gasteiger partial charge in [0.15, 0.2) is 0 Å². The molecule has 1 aliphatic heterocycles. The molecule has 1 fully saturated rings. The van der Waals surface area contributed by atoms with Gasteiger partial charge in [-0.1, -0.05) is 54.6 Å². The molecular weight excluding hydrogens is 364 g/mol. The number of methoxy groups -OCH3 is 1. The molecule has 5 nitrogen and oxygen atoms in total. The lowest BCUT2D eigenvalue weighted by Gasteiger charge is -2.40. The van der Waals surface area contributed by atoms with Gasteiger partial charge in [0.1, 0.15) is 6.61 Å². The van der Waals surface area contributed by atoms with Crippen molar-refractivity contribution in [2.24, 2.45) is 5.41 Å². The molecule has 1 saturated heterocycles. The summed E-state index contributed by atoms with van der Waals surface area (Å²) in [6.07, 6.45) is 1.99. The number of hydrogen-bond acceptors (Lipinski definition) is 3. The van der Waals surface area contributed by atoms with Crippen LogP contribution in [0.4, 0.5) is 0 Å². The van der Waals surface area contributed by atoms with Crippen molar-refractivity contribution < 1.29 is 14.3 Å². The number of nitrogens with zero attached hydrogens (tertiary/aromatic N) is 1. The minimum Gasteiger partial charge on any atom is -0.375 e. The molecule has 2 aromatic rings. The minimum atomic E-state index is -0.491. The van der Waals surface area contributed by atoms with E-state index in [4.69, 9.17) is 4.74 Å². The van der Waals surface area contributed by atoms with E-state index in [1.807, 2.05) is 25.1 Å².